The molecule has 3 heteroatoms. The minimum absolute atomic E-state index is 0.356. The van der Waals surface area contributed by atoms with E-state index in [0.29, 0.717) is 6.79 Å². The lowest BCUT2D eigenvalue weighted by Gasteiger charge is -2.21. The van der Waals surface area contributed by atoms with E-state index < -0.39 is 0 Å². The number of hydrogen-bond acceptors (Lipinski definition) is 3. The molecule has 0 aromatic heterocycles. The van der Waals surface area contributed by atoms with Crippen LogP contribution in [0.3, 0.4) is 0 Å². The molecule has 3 nitrogen and oxygen atoms in total. The molecule has 19 heavy (non-hydrogen) atoms. The Morgan fingerprint density at radius 3 is 2.89 bits per heavy atom. The predicted octanol–water partition coefficient (Wildman–Crippen LogP) is 3.48. The molecule has 0 bridgehead atoms. The number of para-hydroxylation sites is 1. The predicted molar refractivity (Wildman–Crippen MR) is 75.5 cm³/mol. The molecule has 1 aliphatic heterocycles. The smallest absolute Gasteiger partial charge is 0.231 e. The van der Waals surface area contributed by atoms with E-state index in [1.165, 1.54) is 44.1 Å². The molecule has 0 amide bonds. The van der Waals surface area contributed by atoms with Crippen molar-refractivity contribution in [1.29, 1.82) is 0 Å². The summed E-state index contributed by atoms with van der Waals surface area (Å²) >= 11 is 0. The zero-order valence-corrected chi connectivity index (χ0v) is 11.5. The van der Waals surface area contributed by atoms with Crippen molar-refractivity contribution < 1.29 is 9.47 Å². The van der Waals surface area contributed by atoms with Gasteiger partial charge in [-0.15, -0.1) is 0 Å². The summed E-state index contributed by atoms with van der Waals surface area (Å²) in [6, 6.07) is 6.11. The van der Waals surface area contributed by atoms with Crippen molar-refractivity contribution in [2.45, 2.75) is 45.1 Å². The summed E-state index contributed by atoms with van der Waals surface area (Å²) < 4.78 is 10.9. The third kappa shape index (κ3) is 3.21. The zero-order chi connectivity index (χ0) is 12.9. The topological polar surface area (TPSA) is 30.5 Å². The van der Waals surface area contributed by atoms with Gasteiger partial charge in [-0.05, 0) is 24.9 Å². The van der Waals surface area contributed by atoms with Crippen molar-refractivity contribution >= 4 is 0 Å². The van der Waals surface area contributed by atoms with Gasteiger partial charge >= 0.3 is 0 Å². The van der Waals surface area contributed by atoms with Crippen LogP contribution in [0.4, 0.5) is 0 Å². The van der Waals surface area contributed by atoms with Crippen LogP contribution in [0, 0.1) is 5.92 Å². The first-order valence-corrected chi connectivity index (χ1v) is 7.52. The van der Waals surface area contributed by atoms with Crippen LogP contribution in [0.25, 0.3) is 0 Å². The minimum Gasteiger partial charge on any atom is -0.454 e. The normalized spacial score (nSPS) is 18.7. The van der Waals surface area contributed by atoms with Gasteiger partial charge in [0.15, 0.2) is 11.5 Å². The van der Waals surface area contributed by atoms with Gasteiger partial charge < -0.3 is 14.8 Å². The first kappa shape index (κ1) is 12.8. The van der Waals surface area contributed by atoms with Crippen molar-refractivity contribution in [2.75, 3.05) is 13.3 Å². The van der Waals surface area contributed by atoms with Crippen LogP contribution in [-0.2, 0) is 6.54 Å². The quantitative estimate of drug-likeness (QED) is 0.823. The Labute approximate surface area is 115 Å². The Morgan fingerprint density at radius 2 is 2.00 bits per heavy atom. The minimum atomic E-state index is 0.356. The summed E-state index contributed by atoms with van der Waals surface area (Å²) in [5.41, 5.74) is 1.21. The molecule has 0 radical (unpaired) electrons. The second kappa shape index (κ2) is 6.29. The molecule has 2 aliphatic rings. The highest BCUT2D eigenvalue weighted by Crippen LogP contribution is 2.35. The van der Waals surface area contributed by atoms with Gasteiger partial charge in [0.05, 0.1) is 0 Å². The molecule has 1 saturated carbocycles. The largest absolute Gasteiger partial charge is 0.454 e. The van der Waals surface area contributed by atoms with Gasteiger partial charge in [-0.2, -0.15) is 0 Å². The van der Waals surface area contributed by atoms with Gasteiger partial charge in [0.25, 0.3) is 0 Å². The number of fused-ring (bicyclic) bond motifs is 1. The first-order chi connectivity index (χ1) is 9.43. The second-order valence-electron chi connectivity index (χ2n) is 5.62. The van der Waals surface area contributed by atoms with Crippen molar-refractivity contribution in [2.24, 2.45) is 5.92 Å². The standard InChI is InChI=1S/C16H23NO2/c1-2-5-13(6-3-1)9-10-17-11-14-7-4-8-15-16(14)19-12-18-15/h4,7-8,13,17H,1-3,5-6,9-12H2. The molecule has 1 aliphatic carbocycles. The fourth-order valence-electron chi connectivity index (χ4n) is 3.13. The molecular weight excluding hydrogens is 238 g/mol. The molecule has 1 heterocycles. The number of rotatable bonds is 5. The molecule has 3 rings (SSSR count). The van der Waals surface area contributed by atoms with E-state index in [4.69, 9.17) is 9.47 Å². The molecule has 1 N–H and O–H groups in total. The molecule has 0 saturated heterocycles. The Kier molecular flexibility index (Phi) is 4.23. The Balaban J connectivity index is 1.44. The number of ether oxygens (including phenoxy) is 2. The molecule has 1 aromatic carbocycles. The summed E-state index contributed by atoms with van der Waals surface area (Å²) in [6.45, 7) is 2.34. The van der Waals surface area contributed by atoms with Crippen molar-refractivity contribution in [1.82, 2.24) is 5.32 Å². The fraction of sp³-hybridized carbons (Fsp3) is 0.625. The maximum Gasteiger partial charge on any atom is 0.231 e. The Morgan fingerprint density at radius 1 is 1.11 bits per heavy atom. The SMILES string of the molecule is c1cc(CNCCC2CCCCC2)c2c(c1)OCO2. The molecule has 1 fully saturated rings. The average Bonchev–Trinajstić information content (AvgIpc) is 2.94. The number of nitrogens with one attached hydrogen (secondary N) is 1. The van der Waals surface area contributed by atoms with Crippen LogP contribution in [0.15, 0.2) is 18.2 Å². The van der Waals surface area contributed by atoms with E-state index in [-0.39, 0.29) is 0 Å². The van der Waals surface area contributed by atoms with Crippen LogP contribution in [0.5, 0.6) is 11.5 Å². The summed E-state index contributed by atoms with van der Waals surface area (Å²) in [5.74, 6) is 2.75. The molecule has 0 unspecified atom stereocenters. The van der Waals surface area contributed by atoms with Gasteiger partial charge in [-0.25, -0.2) is 0 Å². The van der Waals surface area contributed by atoms with Crippen LogP contribution in [0.1, 0.15) is 44.1 Å². The van der Waals surface area contributed by atoms with Crippen molar-refractivity contribution in [3.8, 4) is 11.5 Å². The van der Waals surface area contributed by atoms with E-state index in [2.05, 4.69) is 11.4 Å². The van der Waals surface area contributed by atoms with E-state index in [0.717, 1.165) is 30.5 Å². The van der Waals surface area contributed by atoms with Crippen LogP contribution < -0.4 is 14.8 Å². The van der Waals surface area contributed by atoms with Crippen LogP contribution in [0.2, 0.25) is 0 Å². The lowest BCUT2D eigenvalue weighted by molar-refractivity contribution is 0.173. The number of benzene rings is 1. The van der Waals surface area contributed by atoms with E-state index in [1.54, 1.807) is 0 Å². The summed E-state index contributed by atoms with van der Waals surface area (Å²) in [7, 11) is 0. The van der Waals surface area contributed by atoms with Gasteiger partial charge in [-0.1, -0.05) is 44.2 Å². The maximum atomic E-state index is 5.51. The highest BCUT2D eigenvalue weighted by Gasteiger charge is 2.17. The maximum absolute atomic E-state index is 5.51. The van der Waals surface area contributed by atoms with Gasteiger partial charge in [-0.3, -0.25) is 0 Å². The monoisotopic (exact) mass is 261 g/mol. The lowest BCUT2D eigenvalue weighted by atomic mass is 9.87. The molecule has 0 spiro atoms. The van der Waals surface area contributed by atoms with Gasteiger partial charge in [0, 0.05) is 12.1 Å². The summed E-state index contributed by atoms with van der Waals surface area (Å²) in [4.78, 5) is 0. The van der Waals surface area contributed by atoms with Crippen molar-refractivity contribution in [3.63, 3.8) is 0 Å². The third-order valence-electron chi connectivity index (χ3n) is 4.25. The van der Waals surface area contributed by atoms with Crippen molar-refractivity contribution in [3.05, 3.63) is 23.8 Å². The lowest BCUT2D eigenvalue weighted by Crippen LogP contribution is -2.19. The van der Waals surface area contributed by atoms with Gasteiger partial charge in [0.1, 0.15) is 0 Å². The fourth-order valence-corrected chi connectivity index (χ4v) is 3.13. The Bertz CT molecular complexity index is 413. The summed E-state index contributed by atoms with van der Waals surface area (Å²) in [5, 5.41) is 3.54. The first-order valence-electron chi connectivity index (χ1n) is 7.52. The summed E-state index contributed by atoms with van der Waals surface area (Å²) in [6.07, 6.45) is 8.48. The molecule has 0 atom stereocenters. The van der Waals surface area contributed by atoms with Crippen LogP contribution >= 0.6 is 0 Å². The van der Waals surface area contributed by atoms with E-state index in [1.807, 2.05) is 12.1 Å². The van der Waals surface area contributed by atoms with Gasteiger partial charge in [0.2, 0.25) is 6.79 Å². The molecule has 104 valence electrons. The average molecular weight is 261 g/mol. The highest BCUT2D eigenvalue weighted by molar-refractivity contribution is 5.48. The zero-order valence-electron chi connectivity index (χ0n) is 11.5. The third-order valence-corrected chi connectivity index (χ3v) is 4.25. The number of hydrogen-bond donors (Lipinski definition) is 1. The Hall–Kier alpha value is -1.22. The van der Waals surface area contributed by atoms with E-state index >= 15 is 0 Å². The van der Waals surface area contributed by atoms with E-state index in [9.17, 15) is 0 Å². The van der Waals surface area contributed by atoms with Crippen LogP contribution in [-0.4, -0.2) is 13.3 Å². The molecular formula is C16H23NO2. The highest BCUT2D eigenvalue weighted by atomic mass is 16.7. The molecule has 1 aromatic rings. The second-order valence-corrected chi connectivity index (χ2v) is 5.62.